The van der Waals surface area contributed by atoms with Gasteiger partial charge in [-0.1, -0.05) is 26.8 Å². The Morgan fingerprint density at radius 2 is 2.00 bits per heavy atom. The first-order chi connectivity index (χ1) is 13.3. The molecule has 2 aromatic heterocycles. The maximum absolute atomic E-state index is 14.2. The van der Waals surface area contributed by atoms with Gasteiger partial charge in [0.05, 0.1) is 0 Å². The van der Waals surface area contributed by atoms with E-state index >= 15 is 0 Å². The van der Waals surface area contributed by atoms with E-state index in [-0.39, 0.29) is 16.5 Å². The molecule has 0 aliphatic carbocycles. The molecule has 0 unspecified atom stereocenters. The topological polar surface area (TPSA) is 68.0 Å². The van der Waals surface area contributed by atoms with Crippen molar-refractivity contribution < 1.29 is 13.6 Å². The van der Waals surface area contributed by atoms with E-state index in [2.05, 4.69) is 36.1 Å². The molecule has 0 bridgehead atoms. The molecule has 4 rings (SSSR count). The molecular weight excluding hydrogens is 357 g/mol. The third-order valence-electron chi connectivity index (χ3n) is 4.29. The number of halogens is 1. The van der Waals surface area contributed by atoms with Crippen molar-refractivity contribution in [1.29, 1.82) is 0 Å². The highest BCUT2D eigenvalue weighted by molar-refractivity contribution is 6.06. The lowest BCUT2D eigenvalue weighted by molar-refractivity contribution is 0.102. The Labute approximate surface area is 161 Å². The third-order valence-corrected chi connectivity index (χ3v) is 4.29. The normalized spacial score (nSPS) is 11.9. The fourth-order valence-electron chi connectivity index (χ4n) is 3.06. The van der Waals surface area contributed by atoms with Crippen LogP contribution in [-0.2, 0) is 6.42 Å². The van der Waals surface area contributed by atoms with Crippen molar-refractivity contribution in [3.8, 4) is 0 Å². The van der Waals surface area contributed by atoms with E-state index in [0.717, 1.165) is 0 Å². The maximum atomic E-state index is 14.2. The minimum absolute atomic E-state index is 0.0624. The van der Waals surface area contributed by atoms with E-state index in [1.165, 1.54) is 12.3 Å². The Hall–Kier alpha value is -3.28. The SMILES string of the molecule is CC(C)(C)Cc1nc2cc(NC(=O)c3cc(F)c4ncccc4c3)ccc2o1. The van der Waals surface area contributed by atoms with Gasteiger partial charge in [-0.25, -0.2) is 9.37 Å². The minimum atomic E-state index is -0.526. The van der Waals surface area contributed by atoms with Crippen LogP contribution < -0.4 is 5.32 Å². The zero-order valence-electron chi connectivity index (χ0n) is 15.9. The van der Waals surface area contributed by atoms with Crippen LogP contribution in [0.15, 0.2) is 53.1 Å². The monoisotopic (exact) mass is 377 g/mol. The molecule has 0 spiro atoms. The first kappa shape index (κ1) is 18.1. The molecule has 142 valence electrons. The molecular formula is C22H20FN3O2. The number of oxazole rings is 1. The number of aromatic nitrogens is 2. The van der Waals surface area contributed by atoms with Crippen molar-refractivity contribution in [2.24, 2.45) is 5.41 Å². The van der Waals surface area contributed by atoms with Crippen LogP contribution in [0, 0.1) is 11.2 Å². The molecule has 0 saturated heterocycles. The molecule has 0 saturated carbocycles. The van der Waals surface area contributed by atoms with Gasteiger partial charge in [-0.15, -0.1) is 0 Å². The summed E-state index contributed by atoms with van der Waals surface area (Å²) in [6.07, 6.45) is 2.24. The fraction of sp³-hybridized carbons (Fsp3) is 0.227. The predicted octanol–water partition coefficient (Wildman–Crippen LogP) is 5.36. The molecule has 0 aliphatic rings. The van der Waals surface area contributed by atoms with E-state index < -0.39 is 11.7 Å². The van der Waals surface area contributed by atoms with E-state index in [1.54, 1.807) is 36.4 Å². The van der Waals surface area contributed by atoms with Crippen LogP contribution in [0.5, 0.6) is 0 Å². The number of carbonyl (C=O) groups is 1. The molecule has 1 amide bonds. The average molecular weight is 377 g/mol. The number of amides is 1. The number of pyridine rings is 1. The lowest BCUT2D eigenvalue weighted by atomic mass is 9.92. The Balaban J connectivity index is 1.60. The number of benzene rings is 2. The number of nitrogens with zero attached hydrogens (tertiary/aromatic N) is 2. The summed E-state index contributed by atoms with van der Waals surface area (Å²) in [4.78, 5) is 21.1. The van der Waals surface area contributed by atoms with E-state index in [0.29, 0.717) is 34.5 Å². The number of carbonyl (C=O) groups excluding carboxylic acids is 1. The highest BCUT2D eigenvalue weighted by atomic mass is 19.1. The number of fused-ring (bicyclic) bond motifs is 2. The lowest BCUT2D eigenvalue weighted by Gasteiger charge is -2.14. The summed E-state index contributed by atoms with van der Waals surface area (Å²) in [7, 11) is 0. The summed E-state index contributed by atoms with van der Waals surface area (Å²) >= 11 is 0. The Morgan fingerprint density at radius 3 is 2.79 bits per heavy atom. The van der Waals surface area contributed by atoms with Gasteiger partial charge in [-0.05, 0) is 41.8 Å². The fourth-order valence-corrected chi connectivity index (χ4v) is 3.06. The van der Waals surface area contributed by atoms with Crippen molar-refractivity contribution >= 4 is 33.6 Å². The zero-order chi connectivity index (χ0) is 19.9. The van der Waals surface area contributed by atoms with Crippen LogP contribution >= 0.6 is 0 Å². The van der Waals surface area contributed by atoms with Gasteiger partial charge in [-0.2, -0.15) is 0 Å². The van der Waals surface area contributed by atoms with Gasteiger partial charge >= 0.3 is 0 Å². The second kappa shape index (κ2) is 6.71. The molecule has 6 heteroatoms. The summed E-state index contributed by atoms with van der Waals surface area (Å²) in [6, 6.07) is 11.5. The third kappa shape index (κ3) is 3.71. The van der Waals surface area contributed by atoms with Gasteiger partial charge in [0.15, 0.2) is 11.5 Å². The summed E-state index contributed by atoms with van der Waals surface area (Å²) in [6.45, 7) is 6.35. The number of hydrogen-bond acceptors (Lipinski definition) is 4. The largest absolute Gasteiger partial charge is 0.441 e. The highest BCUT2D eigenvalue weighted by Crippen LogP contribution is 2.26. The molecule has 1 N–H and O–H groups in total. The molecule has 0 fully saturated rings. The first-order valence-electron chi connectivity index (χ1n) is 9.04. The van der Waals surface area contributed by atoms with Gasteiger partial charge in [-0.3, -0.25) is 9.78 Å². The van der Waals surface area contributed by atoms with Crippen molar-refractivity contribution in [2.75, 3.05) is 5.32 Å². The van der Waals surface area contributed by atoms with E-state index in [4.69, 9.17) is 4.42 Å². The molecule has 0 atom stereocenters. The van der Waals surface area contributed by atoms with Crippen LogP contribution in [0.25, 0.3) is 22.0 Å². The van der Waals surface area contributed by atoms with Crippen LogP contribution in [0.3, 0.4) is 0 Å². The number of hydrogen-bond donors (Lipinski definition) is 1. The Kier molecular flexibility index (Phi) is 4.34. The molecule has 28 heavy (non-hydrogen) atoms. The number of anilines is 1. The Bertz CT molecular complexity index is 1190. The highest BCUT2D eigenvalue weighted by Gasteiger charge is 2.17. The average Bonchev–Trinajstić information content (AvgIpc) is 3.01. The van der Waals surface area contributed by atoms with E-state index in [9.17, 15) is 9.18 Å². The van der Waals surface area contributed by atoms with Gasteiger partial charge in [0.2, 0.25) is 0 Å². The maximum Gasteiger partial charge on any atom is 0.255 e. The molecule has 2 aromatic carbocycles. The summed E-state index contributed by atoms with van der Waals surface area (Å²) in [5, 5.41) is 3.37. The molecule has 5 nitrogen and oxygen atoms in total. The lowest BCUT2D eigenvalue weighted by Crippen LogP contribution is -2.12. The minimum Gasteiger partial charge on any atom is -0.441 e. The molecule has 2 heterocycles. The predicted molar refractivity (Wildman–Crippen MR) is 107 cm³/mol. The van der Waals surface area contributed by atoms with Crippen molar-refractivity contribution in [1.82, 2.24) is 9.97 Å². The summed E-state index contributed by atoms with van der Waals surface area (Å²) in [5.41, 5.74) is 2.44. The van der Waals surface area contributed by atoms with Gasteiger partial charge in [0, 0.05) is 29.3 Å². The van der Waals surface area contributed by atoms with Gasteiger partial charge in [0.25, 0.3) is 5.91 Å². The second-order valence-electron chi connectivity index (χ2n) is 8.01. The molecule has 0 aliphatic heterocycles. The van der Waals surface area contributed by atoms with Crippen molar-refractivity contribution in [2.45, 2.75) is 27.2 Å². The van der Waals surface area contributed by atoms with E-state index in [1.807, 2.05) is 0 Å². The van der Waals surface area contributed by atoms with Crippen LogP contribution in [0.4, 0.5) is 10.1 Å². The van der Waals surface area contributed by atoms with Crippen LogP contribution in [-0.4, -0.2) is 15.9 Å². The van der Waals surface area contributed by atoms with Crippen LogP contribution in [0.2, 0.25) is 0 Å². The van der Waals surface area contributed by atoms with Gasteiger partial charge < -0.3 is 9.73 Å². The smallest absolute Gasteiger partial charge is 0.255 e. The van der Waals surface area contributed by atoms with Crippen molar-refractivity contribution in [3.63, 3.8) is 0 Å². The van der Waals surface area contributed by atoms with Gasteiger partial charge in [0.1, 0.15) is 16.9 Å². The van der Waals surface area contributed by atoms with Crippen LogP contribution in [0.1, 0.15) is 37.0 Å². The Morgan fingerprint density at radius 1 is 1.18 bits per heavy atom. The summed E-state index contributed by atoms with van der Waals surface area (Å²) < 4.78 is 20.0. The number of nitrogens with one attached hydrogen (secondary N) is 1. The summed E-state index contributed by atoms with van der Waals surface area (Å²) in [5.74, 6) is -0.264. The first-order valence-corrected chi connectivity index (χ1v) is 9.04. The second-order valence-corrected chi connectivity index (χ2v) is 8.01. The van der Waals surface area contributed by atoms with Crippen molar-refractivity contribution in [3.05, 3.63) is 65.9 Å². The molecule has 0 radical (unpaired) electrons. The quantitative estimate of drug-likeness (QED) is 0.522. The zero-order valence-corrected chi connectivity index (χ0v) is 15.9. The standard InChI is InChI=1S/C22H20FN3O2/c1-22(2,3)12-19-26-17-11-15(6-7-18(17)28-19)25-21(27)14-9-13-5-4-8-24-20(13)16(23)10-14/h4-11H,12H2,1-3H3,(H,25,27). The number of rotatable bonds is 3. The molecule has 4 aromatic rings.